The third kappa shape index (κ3) is 4.29. The minimum Gasteiger partial charge on any atom is -0.372 e. The minimum absolute atomic E-state index is 0.0367. The highest BCUT2D eigenvalue weighted by Crippen LogP contribution is 2.28. The second-order valence-electron chi connectivity index (χ2n) is 7.91. The molecule has 1 saturated heterocycles. The van der Waals surface area contributed by atoms with Gasteiger partial charge in [0, 0.05) is 56.6 Å². The molecular formula is C24H29N3O2. The molecule has 29 heavy (non-hydrogen) atoms. The van der Waals surface area contributed by atoms with Crippen LogP contribution < -0.4 is 14.7 Å². The second kappa shape index (κ2) is 8.68. The molecule has 152 valence electrons. The maximum atomic E-state index is 12.8. The second-order valence-corrected chi connectivity index (χ2v) is 7.91. The summed E-state index contributed by atoms with van der Waals surface area (Å²) in [5.74, 6) is 0.0384. The summed E-state index contributed by atoms with van der Waals surface area (Å²) in [5.41, 5.74) is 4.30. The van der Waals surface area contributed by atoms with Crippen LogP contribution in [0, 0.1) is 0 Å². The van der Waals surface area contributed by atoms with Crippen molar-refractivity contribution in [1.29, 1.82) is 0 Å². The number of piperidine rings is 1. The van der Waals surface area contributed by atoms with Crippen LogP contribution >= 0.6 is 0 Å². The van der Waals surface area contributed by atoms with Crippen LogP contribution in [0.3, 0.4) is 0 Å². The van der Waals surface area contributed by atoms with Crippen molar-refractivity contribution in [1.82, 2.24) is 0 Å². The molecule has 0 saturated carbocycles. The van der Waals surface area contributed by atoms with Gasteiger partial charge in [-0.1, -0.05) is 18.2 Å². The largest absolute Gasteiger partial charge is 0.372 e. The molecule has 2 aliphatic heterocycles. The summed E-state index contributed by atoms with van der Waals surface area (Å²) in [7, 11) is 0. The predicted octanol–water partition coefficient (Wildman–Crippen LogP) is 4.01. The zero-order chi connectivity index (χ0) is 20.2. The van der Waals surface area contributed by atoms with E-state index in [0.29, 0.717) is 13.0 Å². The third-order valence-corrected chi connectivity index (χ3v) is 6.00. The van der Waals surface area contributed by atoms with Crippen LogP contribution in [0.2, 0.25) is 0 Å². The Morgan fingerprint density at radius 3 is 2.38 bits per heavy atom. The number of carbonyl (C=O) groups excluding carboxylic acids is 2. The highest BCUT2D eigenvalue weighted by molar-refractivity contribution is 5.97. The molecule has 1 fully saturated rings. The van der Waals surface area contributed by atoms with Crippen molar-refractivity contribution in [2.75, 3.05) is 40.9 Å². The van der Waals surface area contributed by atoms with Crippen molar-refractivity contribution < 1.29 is 9.59 Å². The average molecular weight is 392 g/mol. The molecule has 2 aromatic rings. The summed E-state index contributed by atoms with van der Waals surface area (Å²) in [4.78, 5) is 31.0. The van der Waals surface area contributed by atoms with E-state index in [0.717, 1.165) is 37.4 Å². The Balaban J connectivity index is 1.40. The van der Waals surface area contributed by atoms with Crippen LogP contribution in [0.5, 0.6) is 0 Å². The number of para-hydroxylation sites is 1. The summed E-state index contributed by atoms with van der Waals surface area (Å²) in [5, 5.41) is 0. The van der Waals surface area contributed by atoms with Gasteiger partial charge in [0.05, 0.1) is 0 Å². The molecule has 0 unspecified atom stereocenters. The third-order valence-electron chi connectivity index (χ3n) is 6.00. The van der Waals surface area contributed by atoms with Gasteiger partial charge < -0.3 is 14.7 Å². The van der Waals surface area contributed by atoms with Crippen molar-refractivity contribution in [3.8, 4) is 0 Å². The molecular weight excluding hydrogens is 362 g/mol. The topological polar surface area (TPSA) is 43.9 Å². The monoisotopic (exact) mass is 391 g/mol. The maximum Gasteiger partial charge on any atom is 0.228 e. The van der Waals surface area contributed by atoms with Gasteiger partial charge in [-0.3, -0.25) is 9.59 Å². The minimum atomic E-state index is -0.0367. The molecule has 5 heteroatoms. The first-order valence-corrected chi connectivity index (χ1v) is 10.6. The molecule has 5 nitrogen and oxygen atoms in total. The smallest absolute Gasteiger partial charge is 0.228 e. The van der Waals surface area contributed by atoms with E-state index in [1.54, 1.807) is 11.8 Å². The Morgan fingerprint density at radius 1 is 0.931 bits per heavy atom. The first kappa shape index (κ1) is 19.5. The lowest BCUT2D eigenvalue weighted by Crippen LogP contribution is -2.35. The molecule has 0 spiro atoms. The van der Waals surface area contributed by atoms with Crippen molar-refractivity contribution in [2.45, 2.75) is 39.0 Å². The average Bonchev–Trinajstić information content (AvgIpc) is 3.19. The first-order valence-electron chi connectivity index (χ1n) is 10.6. The Bertz CT molecular complexity index is 872. The molecule has 0 radical (unpaired) electrons. The lowest BCUT2D eigenvalue weighted by Gasteiger charge is -2.29. The van der Waals surface area contributed by atoms with Crippen molar-refractivity contribution in [3.05, 3.63) is 54.1 Å². The van der Waals surface area contributed by atoms with Gasteiger partial charge in [0.1, 0.15) is 0 Å². The van der Waals surface area contributed by atoms with Gasteiger partial charge in [0.15, 0.2) is 0 Å². The van der Waals surface area contributed by atoms with E-state index >= 15 is 0 Å². The highest BCUT2D eigenvalue weighted by atomic mass is 16.2. The summed E-state index contributed by atoms with van der Waals surface area (Å²) in [6.07, 6.45) is 5.01. The molecule has 0 bridgehead atoms. The van der Waals surface area contributed by atoms with Crippen molar-refractivity contribution >= 4 is 28.9 Å². The quantitative estimate of drug-likeness (QED) is 0.774. The number of benzene rings is 2. The van der Waals surface area contributed by atoms with E-state index in [-0.39, 0.29) is 11.8 Å². The lowest BCUT2D eigenvalue weighted by molar-refractivity contribution is -0.118. The Morgan fingerprint density at radius 2 is 1.66 bits per heavy atom. The van der Waals surface area contributed by atoms with Crippen molar-refractivity contribution in [2.24, 2.45) is 0 Å². The van der Waals surface area contributed by atoms with E-state index in [9.17, 15) is 9.59 Å². The molecule has 0 aromatic heterocycles. The number of rotatable bonds is 5. The van der Waals surface area contributed by atoms with Gasteiger partial charge in [-0.05, 0) is 61.6 Å². The fourth-order valence-corrected chi connectivity index (χ4v) is 4.40. The zero-order valence-corrected chi connectivity index (χ0v) is 17.1. The van der Waals surface area contributed by atoms with Crippen LogP contribution in [0.15, 0.2) is 48.5 Å². The van der Waals surface area contributed by atoms with Gasteiger partial charge in [-0.25, -0.2) is 0 Å². The highest BCUT2D eigenvalue weighted by Gasteiger charge is 2.25. The SMILES string of the molecule is CC(=O)N(CCC(=O)N1CCc2ccccc21)c1ccc(N2CCCCC2)cc1. The van der Waals surface area contributed by atoms with Gasteiger partial charge in [0.25, 0.3) is 0 Å². The molecule has 0 aliphatic carbocycles. The van der Waals surface area contributed by atoms with E-state index < -0.39 is 0 Å². The van der Waals surface area contributed by atoms with Crippen LogP contribution in [-0.2, 0) is 16.0 Å². The number of hydrogen-bond acceptors (Lipinski definition) is 3. The van der Waals surface area contributed by atoms with Gasteiger partial charge in [-0.15, -0.1) is 0 Å². The molecule has 4 rings (SSSR count). The van der Waals surface area contributed by atoms with Crippen molar-refractivity contribution in [3.63, 3.8) is 0 Å². The number of anilines is 3. The van der Waals surface area contributed by atoms with Crippen LogP contribution in [0.4, 0.5) is 17.1 Å². The van der Waals surface area contributed by atoms with E-state index in [1.165, 1.54) is 30.5 Å². The number of hydrogen-bond donors (Lipinski definition) is 0. The van der Waals surface area contributed by atoms with Crippen LogP contribution in [-0.4, -0.2) is 38.0 Å². The standard InChI is InChI=1S/C24H29N3O2/c1-19(28)26(22-11-9-21(10-12-22)25-15-5-2-6-16-25)18-14-24(29)27-17-13-20-7-3-4-8-23(20)27/h3-4,7-12H,2,5-6,13-18H2,1H3. The van der Waals surface area contributed by atoms with Gasteiger partial charge in [-0.2, -0.15) is 0 Å². The van der Waals surface area contributed by atoms with Gasteiger partial charge >= 0.3 is 0 Å². The normalized spacial score (nSPS) is 15.9. The molecule has 0 atom stereocenters. The number of amides is 2. The van der Waals surface area contributed by atoms with E-state index in [4.69, 9.17) is 0 Å². The van der Waals surface area contributed by atoms with Crippen LogP contribution in [0.25, 0.3) is 0 Å². The number of carbonyl (C=O) groups is 2. The lowest BCUT2D eigenvalue weighted by atomic mass is 10.1. The summed E-state index contributed by atoms with van der Waals surface area (Å²) >= 11 is 0. The van der Waals surface area contributed by atoms with Gasteiger partial charge in [0.2, 0.25) is 11.8 Å². The summed E-state index contributed by atoms with van der Waals surface area (Å²) in [6, 6.07) is 16.2. The Hall–Kier alpha value is -2.82. The summed E-state index contributed by atoms with van der Waals surface area (Å²) in [6.45, 7) is 4.88. The first-order chi connectivity index (χ1) is 14.1. The predicted molar refractivity (Wildman–Crippen MR) is 118 cm³/mol. The number of nitrogens with zero attached hydrogens (tertiary/aromatic N) is 3. The molecule has 2 aromatic carbocycles. The van der Waals surface area contributed by atoms with E-state index in [2.05, 4.69) is 23.1 Å². The maximum absolute atomic E-state index is 12.8. The Labute approximate surface area is 172 Å². The number of fused-ring (bicyclic) bond motifs is 1. The Kier molecular flexibility index (Phi) is 5.84. The molecule has 2 aliphatic rings. The molecule has 2 amide bonds. The summed E-state index contributed by atoms with van der Waals surface area (Å²) < 4.78 is 0. The molecule has 2 heterocycles. The van der Waals surface area contributed by atoms with E-state index in [1.807, 2.05) is 35.2 Å². The molecule has 0 N–H and O–H groups in total. The van der Waals surface area contributed by atoms with Crippen LogP contribution in [0.1, 0.15) is 38.2 Å². The fraction of sp³-hybridized carbons (Fsp3) is 0.417. The fourth-order valence-electron chi connectivity index (χ4n) is 4.40. The zero-order valence-electron chi connectivity index (χ0n) is 17.1.